The van der Waals surface area contributed by atoms with Crippen LogP contribution in [0.25, 0.3) is 10.8 Å². The summed E-state index contributed by atoms with van der Waals surface area (Å²) in [6.45, 7) is 0. The molecular formula is C14H13BrClNOS. The van der Waals surface area contributed by atoms with Gasteiger partial charge in [-0.05, 0) is 37.3 Å². The molecule has 1 heterocycles. The zero-order valence-electron chi connectivity index (χ0n) is 10.4. The van der Waals surface area contributed by atoms with Crippen LogP contribution in [0.15, 0.2) is 28.9 Å². The summed E-state index contributed by atoms with van der Waals surface area (Å²) in [5.74, 6) is 0.895. The fraction of sp³-hybridized carbons (Fsp3) is 0.357. The third-order valence-corrected chi connectivity index (χ3v) is 5.40. The van der Waals surface area contributed by atoms with E-state index >= 15 is 0 Å². The van der Waals surface area contributed by atoms with E-state index in [-0.39, 0.29) is 0 Å². The standard InChI is InChI=1S/C14H13BrClNOS/c1-19-9-4-8(5-9)18-13-3-2-12(15)10-6-14(16)17-7-11(10)13/h2-3,6-9H,4-5H2,1H3/t8-,9+. The molecule has 3 rings (SSSR count). The zero-order chi connectivity index (χ0) is 13.4. The normalized spacial score (nSPS) is 22.3. The number of aromatic nitrogens is 1. The smallest absolute Gasteiger partial charge is 0.129 e. The van der Waals surface area contributed by atoms with E-state index in [1.165, 1.54) is 0 Å². The first-order valence-electron chi connectivity index (χ1n) is 6.10. The van der Waals surface area contributed by atoms with Crippen LogP contribution in [-0.4, -0.2) is 22.6 Å². The number of rotatable bonds is 3. The zero-order valence-corrected chi connectivity index (χ0v) is 13.6. The van der Waals surface area contributed by atoms with Gasteiger partial charge in [0.25, 0.3) is 0 Å². The van der Waals surface area contributed by atoms with Gasteiger partial charge in [0.15, 0.2) is 0 Å². The lowest BCUT2D eigenvalue weighted by Crippen LogP contribution is -2.35. The Morgan fingerprint density at radius 3 is 2.89 bits per heavy atom. The predicted octanol–water partition coefficient (Wildman–Crippen LogP) is 4.92. The van der Waals surface area contributed by atoms with Crippen molar-refractivity contribution in [2.75, 3.05) is 6.26 Å². The average Bonchev–Trinajstić information content (AvgIpc) is 2.36. The second kappa shape index (κ2) is 5.51. The number of halogens is 2. The molecule has 0 unspecified atom stereocenters. The number of pyridine rings is 1. The van der Waals surface area contributed by atoms with E-state index in [1.54, 1.807) is 6.20 Å². The van der Waals surface area contributed by atoms with Gasteiger partial charge in [-0.2, -0.15) is 11.8 Å². The highest BCUT2D eigenvalue weighted by Crippen LogP contribution is 2.37. The van der Waals surface area contributed by atoms with E-state index in [0.29, 0.717) is 11.3 Å². The molecule has 0 radical (unpaired) electrons. The highest BCUT2D eigenvalue weighted by atomic mass is 79.9. The minimum atomic E-state index is 0.331. The molecule has 100 valence electrons. The molecule has 2 aromatic rings. The van der Waals surface area contributed by atoms with Crippen molar-refractivity contribution in [1.29, 1.82) is 0 Å². The molecule has 0 bridgehead atoms. The Bertz CT molecular complexity index is 616. The van der Waals surface area contributed by atoms with Crippen molar-refractivity contribution in [3.8, 4) is 5.75 Å². The number of fused-ring (bicyclic) bond motifs is 1. The van der Waals surface area contributed by atoms with Crippen molar-refractivity contribution < 1.29 is 4.74 Å². The number of hydrogen-bond donors (Lipinski definition) is 0. The largest absolute Gasteiger partial charge is 0.490 e. The molecule has 5 heteroatoms. The van der Waals surface area contributed by atoms with Crippen LogP contribution in [-0.2, 0) is 0 Å². The number of benzene rings is 1. The van der Waals surface area contributed by atoms with Gasteiger partial charge in [0.05, 0.1) is 0 Å². The SMILES string of the molecule is CS[C@H]1C[C@@H](Oc2ccc(Br)c3cc(Cl)ncc23)C1. The molecule has 0 saturated heterocycles. The van der Waals surface area contributed by atoms with E-state index in [2.05, 4.69) is 27.2 Å². The Labute approximate surface area is 130 Å². The second-order valence-electron chi connectivity index (χ2n) is 4.67. The summed E-state index contributed by atoms with van der Waals surface area (Å²) in [4.78, 5) is 4.15. The van der Waals surface area contributed by atoms with Gasteiger partial charge in [-0.3, -0.25) is 0 Å². The Balaban J connectivity index is 1.90. The van der Waals surface area contributed by atoms with Crippen molar-refractivity contribution in [2.45, 2.75) is 24.2 Å². The van der Waals surface area contributed by atoms with Gasteiger partial charge in [0.1, 0.15) is 17.0 Å². The summed E-state index contributed by atoms with van der Waals surface area (Å²) in [6, 6.07) is 5.85. The lowest BCUT2D eigenvalue weighted by Gasteiger charge is -2.34. The Hall–Kier alpha value is -0.450. The topological polar surface area (TPSA) is 22.1 Å². The third-order valence-electron chi connectivity index (χ3n) is 3.45. The molecule has 1 aromatic heterocycles. The molecule has 0 amide bonds. The molecule has 0 atom stereocenters. The maximum Gasteiger partial charge on any atom is 0.129 e. The quantitative estimate of drug-likeness (QED) is 0.727. The van der Waals surface area contributed by atoms with Crippen LogP contribution in [0.1, 0.15) is 12.8 Å². The molecular weight excluding hydrogens is 346 g/mol. The molecule has 1 saturated carbocycles. The van der Waals surface area contributed by atoms with E-state index in [4.69, 9.17) is 16.3 Å². The van der Waals surface area contributed by atoms with Crippen LogP contribution >= 0.6 is 39.3 Å². The number of ether oxygens (including phenoxy) is 1. The average molecular weight is 359 g/mol. The fourth-order valence-electron chi connectivity index (χ4n) is 2.24. The van der Waals surface area contributed by atoms with Crippen LogP contribution < -0.4 is 4.74 Å². The lowest BCUT2D eigenvalue weighted by molar-refractivity contribution is 0.128. The number of thioether (sulfide) groups is 1. The maximum absolute atomic E-state index is 6.07. The molecule has 19 heavy (non-hydrogen) atoms. The van der Waals surface area contributed by atoms with E-state index < -0.39 is 0 Å². The monoisotopic (exact) mass is 357 g/mol. The summed E-state index contributed by atoms with van der Waals surface area (Å²) in [7, 11) is 0. The summed E-state index contributed by atoms with van der Waals surface area (Å²) < 4.78 is 7.08. The summed E-state index contributed by atoms with van der Waals surface area (Å²) in [5, 5.41) is 3.29. The van der Waals surface area contributed by atoms with Crippen LogP contribution in [0.4, 0.5) is 0 Å². The molecule has 0 N–H and O–H groups in total. The first kappa shape index (κ1) is 13.5. The molecule has 1 aliphatic carbocycles. The van der Waals surface area contributed by atoms with E-state index in [1.807, 2.05) is 30.0 Å². The van der Waals surface area contributed by atoms with Gasteiger partial charge >= 0.3 is 0 Å². The van der Waals surface area contributed by atoms with Gasteiger partial charge in [-0.1, -0.05) is 27.5 Å². The highest BCUT2D eigenvalue weighted by molar-refractivity contribution is 9.10. The van der Waals surface area contributed by atoms with Gasteiger partial charge < -0.3 is 4.74 Å². The Kier molecular flexibility index (Phi) is 3.92. The van der Waals surface area contributed by atoms with E-state index in [0.717, 1.165) is 39.1 Å². The van der Waals surface area contributed by atoms with Crippen molar-refractivity contribution in [3.63, 3.8) is 0 Å². The molecule has 1 fully saturated rings. The first-order valence-corrected chi connectivity index (χ1v) is 8.56. The minimum absolute atomic E-state index is 0.331. The van der Waals surface area contributed by atoms with Gasteiger partial charge in [0.2, 0.25) is 0 Å². The predicted molar refractivity (Wildman–Crippen MR) is 85.4 cm³/mol. The number of nitrogens with zero attached hydrogens (tertiary/aromatic N) is 1. The third kappa shape index (κ3) is 2.71. The van der Waals surface area contributed by atoms with Crippen LogP contribution in [0.2, 0.25) is 5.15 Å². The number of hydrogen-bond acceptors (Lipinski definition) is 3. The van der Waals surface area contributed by atoms with Gasteiger partial charge in [-0.15, -0.1) is 0 Å². The fourth-order valence-corrected chi connectivity index (χ4v) is 3.67. The Morgan fingerprint density at radius 1 is 1.37 bits per heavy atom. The lowest BCUT2D eigenvalue weighted by atomic mass is 9.95. The molecule has 0 spiro atoms. The van der Waals surface area contributed by atoms with Crippen molar-refractivity contribution >= 4 is 50.1 Å². The van der Waals surface area contributed by atoms with Gasteiger partial charge in [-0.25, -0.2) is 4.98 Å². The molecule has 1 aliphatic rings. The highest BCUT2D eigenvalue weighted by Gasteiger charge is 2.30. The minimum Gasteiger partial charge on any atom is -0.490 e. The van der Waals surface area contributed by atoms with E-state index in [9.17, 15) is 0 Å². The summed E-state index contributed by atoms with van der Waals surface area (Å²) in [6.07, 6.45) is 6.52. The molecule has 2 nitrogen and oxygen atoms in total. The van der Waals surface area contributed by atoms with Crippen LogP contribution in [0.3, 0.4) is 0 Å². The Morgan fingerprint density at radius 2 is 2.16 bits per heavy atom. The molecule has 0 aliphatic heterocycles. The second-order valence-corrected chi connectivity index (χ2v) is 7.05. The maximum atomic E-state index is 6.07. The van der Waals surface area contributed by atoms with Crippen molar-refractivity contribution in [3.05, 3.63) is 34.0 Å². The summed E-state index contributed by atoms with van der Waals surface area (Å²) >= 11 is 11.4. The van der Waals surface area contributed by atoms with Crippen LogP contribution in [0, 0.1) is 0 Å². The molecule has 1 aromatic carbocycles. The summed E-state index contributed by atoms with van der Waals surface area (Å²) in [5.41, 5.74) is 0. The van der Waals surface area contributed by atoms with Crippen molar-refractivity contribution in [1.82, 2.24) is 4.98 Å². The first-order chi connectivity index (χ1) is 9.17. The van der Waals surface area contributed by atoms with Crippen LogP contribution in [0.5, 0.6) is 5.75 Å². The van der Waals surface area contributed by atoms with Crippen molar-refractivity contribution in [2.24, 2.45) is 0 Å². The van der Waals surface area contributed by atoms with Gasteiger partial charge in [0, 0.05) is 26.7 Å².